The molecular weight excluding hydrogens is 126 g/mol. The second-order valence-corrected chi connectivity index (χ2v) is 2.26. The van der Waals surface area contributed by atoms with Crippen molar-refractivity contribution in [2.24, 2.45) is 0 Å². The molecule has 0 aromatic rings. The van der Waals surface area contributed by atoms with Crippen LogP contribution in [0.4, 0.5) is 0 Å². The standard InChI is InChI=1S/C8H15NO/c1-4-7-10-8-5-6-9(2)3/h4-5,8H,1,6-7H2,2-3H3. The van der Waals surface area contributed by atoms with Crippen molar-refractivity contribution in [3.63, 3.8) is 0 Å². The number of likely N-dealkylation sites (N-methyl/N-ethyl adjacent to an activating group) is 1. The van der Waals surface area contributed by atoms with Gasteiger partial charge in [0.2, 0.25) is 0 Å². The van der Waals surface area contributed by atoms with Gasteiger partial charge in [-0.05, 0) is 20.2 Å². The lowest BCUT2D eigenvalue weighted by Gasteiger charge is -2.03. The number of rotatable bonds is 5. The van der Waals surface area contributed by atoms with Gasteiger partial charge in [-0.15, -0.1) is 0 Å². The first-order valence-electron chi connectivity index (χ1n) is 3.29. The van der Waals surface area contributed by atoms with Gasteiger partial charge in [0, 0.05) is 6.54 Å². The molecule has 0 atom stereocenters. The van der Waals surface area contributed by atoms with Crippen LogP contribution < -0.4 is 0 Å². The molecule has 0 aromatic heterocycles. The molecule has 2 heteroatoms. The SMILES string of the molecule is C=CCOC=CCN(C)C. The van der Waals surface area contributed by atoms with Gasteiger partial charge in [-0.1, -0.05) is 12.7 Å². The van der Waals surface area contributed by atoms with E-state index < -0.39 is 0 Å². The van der Waals surface area contributed by atoms with Crippen LogP contribution >= 0.6 is 0 Å². The van der Waals surface area contributed by atoms with Gasteiger partial charge in [-0.2, -0.15) is 0 Å². The summed E-state index contributed by atoms with van der Waals surface area (Å²) in [5.41, 5.74) is 0. The predicted octanol–water partition coefficient (Wildman–Crippen LogP) is 1.26. The quantitative estimate of drug-likeness (QED) is 0.325. The summed E-state index contributed by atoms with van der Waals surface area (Å²) in [6, 6.07) is 0. The van der Waals surface area contributed by atoms with Crippen LogP contribution in [-0.4, -0.2) is 32.1 Å². The van der Waals surface area contributed by atoms with Crippen molar-refractivity contribution in [1.29, 1.82) is 0 Å². The van der Waals surface area contributed by atoms with E-state index in [-0.39, 0.29) is 0 Å². The minimum Gasteiger partial charge on any atom is -0.497 e. The van der Waals surface area contributed by atoms with Gasteiger partial charge in [0.15, 0.2) is 0 Å². The maximum absolute atomic E-state index is 5.01. The van der Waals surface area contributed by atoms with Crippen molar-refractivity contribution < 1.29 is 4.74 Å². The first-order valence-corrected chi connectivity index (χ1v) is 3.29. The normalized spacial score (nSPS) is 10.7. The predicted molar refractivity (Wildman–Crippen MR) is 43.8 cm³/mol. The molecule has 2 nitrogen and oxygen atoms in total. The Kier molecular flexibility index (Phi) is 5.88. The summed E-state index contributed by atoms with van der Waals surface area (Å²) in [6.07, 6.45) is 5.38. The molecule has 0 spiro atoms. The zero-order valence-electron chi connectivity index (χ0n) is 6.71. The highest BCUT2D eigenvalue weighted by Crippen LogP contribution is 1.80. The highest BCUT2D eigenvalue weighted by atomic mass is 16.5. The number of ether oxygens (including phenoxy) is 1. The number of nitrogens with zero attached hydrogens (tertiary/aromatic N) is 1. The van der Waals surface area contributed by atoms with Crippen molar-refractivity contribution in [1.82, 2.24) is 4.90 Å². The van der Waals surface area contributed by atoms with Gasteiger partial charge in [0.25, 0.3) is 0 Å². The molecule has 0 heterocycles. The van der Waals surface area contributed by atoms with E-state index >= 15 is 0 Å². The van der Waals surface area contributed by atoms with Crippen molar-refractivity contribution in [3.8, 4) is 0 Å². The zero-order valence-corrected chi connectivity index (χ0v) is 6.71. The van der Waals surface area contributed by atoms with E-state index in [1.54, 1.807) is 12.3 Å². The van der Waals surface area contributed by atoms with Gasteiger partial charge in [-0.25, -0.2) is 0 Å². The molecule has 0 aliphatic heterocycles. The molecule has 0 fully saturated rings. The topological polar surface area (TPSA) is 12.5 Å². The lowest BCUT2D eigenvalue weighted by molar-refractivity contribution is 0.287. The lowest BCUT2D eigenvalue weighted by Crippen LogP contribution is -2.10. The highest BCUT2D eigenvalue weighted by Gasteiger charge is 1.80. The molecule has 0 amide bonds. The van der Waals surface area contributed by atoms with Crippen LogP contribution in [0.2, 0.25) is 0 Å². The van der Waals surface area contributed by atoms with Crippen LogP contribution in [0.3, 0.4) is 0 Å². The van der Waals surface area contributed by atoms with E-state index in [9.17, 15) is 0 Å². The minimum atomic E-state index is 0.587. The van der Waals surface area contributed by atoms with E-state index in [0.717, 1.165) is 6.54 Å². The van der Waals surface area contributed by atoms with Crippen molar-refractivity contribution in [2.45, 2.75) is 0 Å². The van der Waals surface area contributed by atoms with Crippen molar-refractivity contribution >= 4 is 0 Å². The van der Waals surface area contributed by atoms with E-state index in [1.165, 1.54) is 0 Å². The molecule has 0 saturated heterocycles. The summed E-state index contributed by atoms with van der Waals surface area (Å²) in [5.74, 6) is 0. The van der Waals surface area contributed by atoms with Crippen LogP contribution in [0.25, 0.3) is 0 Å². The maximum atomic E-state index is 5.01. The minimum absolute atomic E-state index is 0.587. The Balaban J connectivity index is 3.11. The highest BCUT2D eigenvalue weighted by molar-refractivity contribution is 4.77. The lowest BCUT2D eigenvalue weighted by atomic mass is 10.6. The molecule has 58 valence electrons. The Morgan fingerprint density at radius 2 is 2.20 bits per heavy atom. The fourth-order valence-electron chi connectivity index (χ4n) is 0.445. The monoisotopic (exact) mass is 141 g/mol. The first-order chi connectivity index (χ1) is 4.77. The summed E-state index contributed by atoms with van der Waals surface area (Å²) in [7, 11) is 4.02. The Bertz CT molecular complexity index is 108. The van der Waals surface area contributed by atoms with Crippen LogP contribution in [0, 0.1) is 0 Å². The molecule has 10 heavy (non-hydrogen) atoms. The smallest absolute Gasteiger partial charge is 0.105 e. The van der Waals surface area contributed by atoms with Crippen LogP contribution in [0.5, 0.6) is 0 Å². The fourth-order valence-corrected chi connectivity index (χ4v) is 0.445. The number of hydrogen-bond acceptors (Lipinski definition) is 2. The summed E-state index contributed by atoms with van der Waals surface area (Å²) in [6.45, 7) is 5.03. The molecule has 0 saturated carbocycles. The van der Waals surface area contributed by atoms with E-state index in [4.69, 9.17) is 4.74 Å². The third-order valence-electron chi connectivity index (χ3n) is 0.877. The van der Waals surface area contributed by atoms with Gasteiger partial charge in [0.1, 0.15) is 6.61 Å². The van der Waals surface area contributed by atoms with Gasteiger partial charge >= 0.3 is 0 Å². The fraction of sp³-hybridized carbons (Fsp3) is 0.500. The first kappa shape index (κ1) is 9.24. The second kappa shape index (κ2) is 6.36. The third-order valence-corrected chi connectivity index (χ3v) is 0.877. The molecule has 0 aliphatic rings. The molecule has 0 radical (unpaired) electrons. The van der Waals surface area contributed by atoms with Crippen molar-refractivity contribution in [2.75, 3.05) is 27.2 Å². The molecule has 0 unspecified atom stereocenters. The zero-order chi connectivity index (χ0) is 7.82. The summed E-state index contributed by atoms with van der Waals surface area (Å²) in [4.78, 5) is 2.06. The molecular formula is C8H15NO. The Labute approximate surface area is 62.8 Å². The molecule has 0 bridgehead atoms. The average Bonchev–Trinajstić information content (AvgIpc) is 1.87. The van der Waals surface area contributed by atoms with E-state index in [2.05, 4.69) is 11.5 Å². The van der Waals surface area contributed by atoms with Gasteiger partial charge < -0.3 is 9.64 Å². The molecule has 0 aliphatic carbocycles. The Morgan fingerprint density at radius 1 is 1.50 bits per heavy atom. The maximum Gasteiger partial charge on any atom is 0.105 e. The van der Waals surface area contributed by atoms with E-state index in [1.807, 2.05) is 20.2 Å². The molecule has 0 rings (SSSR count). The summed E-state index contributed by atoms with van der Waals surface area (Å²) < 4.78 is 5.01. The van der Waals surface area contributed by atoms with Crippen LogP contribution in [0.15, 0.2) is 25.0 Å². The largest absolute Gasteiger partial charge is 0.497 e. The molecule has 0 N–H and O–H groups in total. The van der Waals surface area contributed by atoms with Gasteiger partial charge in [-0.3, -0.25) is 0 Å². The Hall–Kier alpha value is -0.760. The Morgan fingerprint density at radius 3 is 2.70 bits per heavy atom. The molecule has 0 aromatic carbocycles. The summed E-state index contributed by atoms with van der Waals surface area (Å²) in [5, 5.41) is 0. The second-order valence-electron chi connectivity index (χ2n) is 2.26. The average molecular weight is 141 g/mol. The van der Waals surface area contributed by atoms with Gasteiger partial charge in [0.05, 0.1) is 6.26 Å². The van der Waals surface area contributed by atoms with Crippen molar-refractivity contribution in [3.05, 3.63) is 25.0 Å². The third kappa shape index (κ3) is 7.24. The van der Waals surface area contributed by atoms with Crippen LogP contribution in [0.1, 0.15) is 0 Å². The number of hydrogen-bond donors (Lipinski definition) is 0. The van der Waals surface area contributed by atoms with E-state index in [0.29, 0.717) is 6.61 Å². The summed E-state index contributed by atoms with van der Waals surface area (Å²) >= 11 is 0. The van der Waals surface area contributed by atoms with Crippen LogP contribution in [-0.2, 0) is 4.74 Å².